The fourth-order valence-electron chi connectivity index (χ4n) is 8.80. The number of fused-ring (bicyclic) bond motifs is 6. The van der Waals surface area contributed by atoms with Crippen molar-refractivity contribution in [2.75, 3.05) is 0 Å². The Morgan fingerprint density at radius 3 is 1.25 bits per heavy atom. The molecule has 1 heterocycles. The van der Waals surface area contributed by atoms with E-state index >= 15 is 0 Å². The summed E-state index contributed by atoms with van der Waals surface area (Å²) in [4.78, 5) is 0. The van der Waals surface area contributed by atoms with E-state index in [0.29, 0.717) is 0 Å². The van der Waals surface area contributed by atoms with Gasteiger partial charge in [-0.05, 0) is 125 Å². The molecule has 55 heavy (non-hydrogen) atoms. The molecule has 0 atom stereocenters. The average molecular weight is 698 g/mol. The van der Waals surface area contributed by atoms with E-state index in [4.69, 9.17) is 0 Å². The highest BCUT2D eigenvalue weighted by Crippen LogP contribution is 2.45. The van der Waals surface area contributed by atoms with Crippen molar-refractivity contribution >= 4 is 54.1 Å². The SMILES string of the molecule is c1ccc(-c2c3ccccc3c(-c3ccccc3)c3cc(-c4ccc5c(c4)c4cc(-c6ccc7ccccc7c6)ccc4n5-c4ccccc4)ccc23)cc1. The van der Waals surface area contributed by atoms with Gasteiger partial charge in [0.2, 0.25) is 0 Å². The van der Waals surface area contributed by atoms with Crippen LogP contribution in [0.15, 0.2) is 212 Å². The molecule has 11 rings (SSSR count). The topological polar surface area (TPSA) is 4.93 Å². The van der Waals surface area contributed by atoms with Gasteiger partial charge in [-0.3, -0.25) is 0 Å². The van der Waals surface area contributed by atoms with Gasteiger partial charge in [-0.25, -0.2) is 0 Å². The highest BCUT2D eigenvalue weighted by Gasteiger charge is 2.19. The van der Waals surface area contributed by atoms with Crippen LogP contribution in [0.4, 0.5) is 0 Å². The van der Waals surface area contributed by atoms with Crippen molar-refractivity contribution in [2.45, 2.75) is 0 Å². The highest BCUT2D eigenvalue weighted by atomic mass is 15.0. The Morgan fingerprint density at radius 1 is 0.236 bits per heavy atom. The van der Waals surface area contributed by atoms with Crippen LogP contribution in [0.1, 0.15) is 0 Å². The van der Waals surface area contributed by atoms with E-state index in [-0.39, 0.29) is 0 Å². The Hall–Kier alpha value is -7.22. The van der Waals surface area contributed by atoms with Crippen LogP contribution in [-0.2, 0) is 0 Å². The highest BCUT2D eigenvalue weighted by molar-refractivity contribution is 6.22. The van der Waals surface area contributed by atoms with Gasteiger partial charge < -0.3 is 4.57 Å². The van der Waals surface area contributed by atoms with Crippen molar-refractivity contribution in [2.24, 2.45) is 0 Å². The number of hydrogen-bond donors (Lipinski definition) is 0. The summed E-state index contributed by atoms with van der Waals surface area (Å²) in [6.07, 6.45) is 0. The first-order chi connectivity index (χ1) is 27.3. The number of benzene rings is 10. The van der Waals surface area contributed by atoms with Gasteiger partial charge in [0.1, 0.15) is 0 Å². The van der Waals surface area contributed by atoms with Crippen LogP contribution in [-0.4, -0.2) is 4.57 Å². The summed E-state index contributed by atoms with van der Waals surface area (Å²) in [7, 11) is 0. The first kappa shape index (κ1) is 31.3. The van der Waals surface area contributed by atoms with Gasteiger partial charge in [0.15, 0.2) is 0 Å². The molecule has 0 saturated heterocycles. The molecule has 1 nitrogen and oxygen atoms in total. The predicted molar refractivity (Wildman–Crippen MR) is 235 cm³/mol. The molecule has 0 unspecified atom stereocenters. The Labute approximate surface area is 320 Å². The number of hydrogen-bond acceptors (Lipinski definition) is 0. The van der Waals surface area contributed by atoms with Crippen LogP contribution in [0.2, 0.25) is 0 Å². The van der Waals surface area contributed by atoms with E-state index in [1.807, 2.05) is 0 Å². The molecule has 0 saturated carbocycles. The molecule has 0 aliphatic carbocycles. The maximum absolute atomic E-state index is 2.43. The lowest BCUT2D eigenvalue weighted by Crippen LogP contribution is -1.93. The second-order valence-electron chi connectivity index (χ2n) is 14.5. The van der Waals surface area contributed by atoms with Crippen LogP contribution < -0.4 is 0 Å². The molecule has 0 N–H and O–H groups in total. The minimum atomic E-state index is 1.16. The zero-order chi connectivity index (χ0) is 36.3. The lowest BCUT2D eigenvalue weighted by Gasteiger charge is -2.18. The molecule has 0 amide bonds. The fraction of sp³-hybridized carbons (Fsp3) is 0. The molecule has 0 aliphatic rings. The van der Waals surface area contributed by atoms with Crippen molar-refractivity contribution in [3.8, 4) is 50.2 Å². The van der Waals surface area contributed by atoms with Gasteiger partial charge in [-0.15, -0.1) is 0 Å². The molecule has 0 spiro atoms. The molecule has 10 aromatic carbocycles. The lowest BCUT2D eigenvalue weighted by atomic mass is 9.85. The third kappa shape index (κ3) is 5.16. The number of nitrogens with zero attached hydrogens (tertiary/aromatic N) is 1. The van der Waals surface area contributed by atoms with Gasteiger partial charge >= 0.3 is 0 Å². The minimum absolute atomic E-state index is 1.16. The number of aromatic nitrogens is 1. The standard InChI is InChI=1S/C54H35N/c1-4-15-37(16-5-1)53-45-22-12-13-23-46(45)54(38-17-6-2-7-18-38)50-35-41(26-29-47(50)53)43-28-31-52-49(34-43)48-33-42(40-25-24-36-14-10-11-19-39(36)32-40)27-30-51(48)55(52)44-20-8-3-9-21-44/h1-35H. The van der Waals surface area contributed by atoms with Gasteiger partial charge in [-0.2, -0.15) is 0 Å². The number of para-hydroxylation sites is 1. The monoisotopic (exact) mass is 697 g/mol. The maximum atomic E-state index is 2.43. The zero-order valence-corrected chi connectivity index (χ0v) is 30.2. The largest absolute Gasteiger partial charge is 0.309 e. The first-order valence-corrected chi connectivity index (χ1v) is 19.0. The van der Waals surface area contributed by atoms with Gasteiger partial charge in [0.05, 0.1) is 11.0 Å². The molecule has 256 valence electrons. The third-order valence-electron chi connectivity index (χ3n) is 11.3. The van der Waals surface area contributed by atoms with Crippen LogP contribution in [0.25, 0.3) is 104 Å². The lowest BCUT2D eigenvalue weighted by molar-refractivity contribution is 1.18. The summed E-state index contributed by atoms with van der Waals surface area (Å²) in [5.41, 5.74) is 13.4. The summed E-state index contributed by atoms with van der Waals surface area (Å²) in [5.74, 6) is 0. The van der Waals surface area contributed by atoms with Crippen molar-refractivity contribution in [1.29, 1.82) is 0 Å². The van der Waals surface area contributed by atoms with Crippen molar-refractivity contribution < 1.29 is 0 Å². The first-order valence-electron chi connectivity index (χ1n) is 19.0. The number of rotatable bonds is 5. The van der Waals surface area contributed by atoms with Crippen LogP contribution in [0.3, 0.4) is 0 Å². The molecular formula is C54H35N. The predicted octanol–water partition coefficient (Wildman–Crippen LogP) is 14.9. The molecule has 1 heteroatoms. The molecule has 1 aromatic heterocycles. The van der Waals surface area contributed by atoms with Gasteiger partial charge in [0.25, 0.3) is 0 Å². The van der Waals surface area contributed by atoms with Crippen molar-refractivity contribution in [1.82, 2.24) is 4.57 Å². The van der Waals surface area contributed by atoms with Crippen molar-refractivity contribution in [3.63, 3.8) is 0 Å². The Kier molecular flexibility index (Phi) is 7.25. The second kappa shape index (κ2) is 12.7. The molecular weight excluding hydrogens is 663 g/mol. The fourth-order valence-corrected chi connectivity index (χ4v) is 8.80. The summed E-state index contributed by atoms with van der Waals surface area (Å²) in [6, 6.07) is 77.8. The van der Waals surface area contributed by atoms with Gasteiger partial charge in [0, 0.05) is 16.5 Å². The second-order valence-corrected chi connectivity index (χ2v) is 14.5. The van der Waals surface area contributed by atoms with Crippen LogP contribution in [0, 0.1) is 0 Å². The van der Waals surface area contributed by atoms with Crippen LogP contribution in [0.5, 0.6) is 0 Å². The van der Waals surface area contributed by atoms with E-state index in [2.05, 4.69) is 217 Å². The van der Waals surface area contributed by atoms with Gasteiger partial charge in [-0.1, -0.05) is 164 Å². The van der Waals surface area contributed by atoms with Crippen LogP contribution >= 0.6 is 0 Å². The summed E-state index contributed by atoms with van der Waals surface area (Å²) >= 11 is 0. The Morgan fingerprint density at radius 2 is 0.655 bits per heavy atom. The summed E-state index contributed by atoms with van der Waals surface area (Å²) in [6.45, 7) is 0. The smallest absolute Gasteiger partial charge is 0.0541 e. The third-order valence-corrected chi connectivity index (χ3v) is 11.3. The molecule has 11 aromatic rings. The summed E-state index contributed by atoms with van der Waals surface area (Å²) in [5, 5.41) is 10.0. The quantitative estimate of drug-likeness (QED) is 0.158. The normalized spacial score (nSPS) is 11.6. The molecule has 0 radical (unpaired) electrons. The van der Waals surface area contributed by atoms with E-state index in [9.17, 15) is 0 Å². The van der Waals surface area contributed by atoms with E-state index in [1.54, 1.807) is 0 Å². The van der Waals surface area contributed by atoms with Crippen molar-refractivity contribution in [3.05, 3.63) is 212 Å². The minimum Gasteiger partial charge on any atom is -0.309 e. The molecule has 0 bridgehead atoms. The maximum Gasteiger partial charge on any atom is 0.0541 e. The van der Waals surface area contributed by atoms with E-state index in [1.165, 1.54) is 98.6 Å². The zero-order valence-electron chi connectivity index (χ0n) is 30.2. The van der Waals surface area contributed by atoms with E-state index in [0.717, 1.165) is 5.69 Å². The Bertz CT molecular complexity index is 3230. The molecule has 0 aliphatic heterocycles. The summed E-state index contributed by atoms with van der Waals surface area (Å²) < 4.78 is 2.41. The van der Waals surface area contributed by atoms with E-state index < -0.39 is 0 Å². The Balaban J connectivity index is 1.17. The molecule has 0 fully saturated rings. The average Bonchev–Trinajstić information content (AvgIpc) is 3.59.